The van der Waals surface area contributed by atoms with Crippen LogP contribution >= 0.6 is 11.6 Å². The lowest BCUT2D eigenvalue weighted by Gasteiger charge is -2.16. The van der Waals surface area contributed by atoms with E-state index < -0.39 is 30.1 Å². The Morgan fingerprint density at radius 1 is 1.00 bits per heavy atom. The molecule has 4 rings (SSSR count). The smallest absolute Gasteiger partial charge is 0.412 e. The lowest BCUT2D eigenvalue weighted by atomic mass is 10.0. The van der Waals surface area contributed by atoms with E-state index in [0.29, 0.717) is 27.5 Å². The van der Waals surface area contributed by atoms with Gasteiger partial charge in [-0.25, -0.2) is 9.59 Å². The number of ether oxygens (including phenoxy) is 1. The van der Waals surface area contributed by atoms with Crippen LogP contribution in [0, 0.1) is 13.8 Å². The molecule has 0 fully saturated rings. The largest absolute Gasteiger partial charge is 0.480 e. The molecule has 0 bridgehead atoms. The maximum absolute atomic E-state index is 12.8. The van der Waals surface area contributed by atoms with Crippen molar-refractivity contribution in [2.75, 3.05) is 5.32 Å². The summed E-state index contributed by atoms with van der Waals surface area (Å²) in [6.07, 6.45) is -1.17. The fourth-order valence-electron chi connectivity index (χ4n) is 4.05. The van der Waals surface area contributed by atoms with E-state index in [1.807, 2.05) is 31.2 Å². The van der Waals surface area contributed by atoms with Crippen molar-refractivity contribution < 1.29 is 28.8 Å². The lowest BCUT2D eigenvalue weighted by Crippen LogP contribution is -2.42. The Kier molecular flexibility index (Phi) is 8.86. The molecule has 1 aromatic heterocycles. The number of carbonyl (C=O) groups excluding carboxylic acids is 2. The summed E-state index contributed by atoms with van der Waals surface area (Å²) in [7, 11) is 0. The summed E-state index contributed by atoms with van der Waals surface area (Å²) in [5.41, 5.74) is 4.08. The van der Waals surface area contributed by atoms with Gasteiger partial charge in [0.1, 0.15) is 23.5 Å². The van der Waals surface area contributed by atoms with E-state index in [1.165, 1.54) is 12.1 Å². The number of nitrogens with one attached hydrogen (secondary N) is 2. The Bertz CT molecular complexity index is 1520. The van der Waals surface area contributed by atoms with Crippen LogP contribution in [0.3, 0.4) is 0 Å². The third-order valence-electron chi connectivity index (χ3n) is 6.29. The van der Waals surface area contributed by atoms with Crippen LogP contribution in [0.2, 0.25) is 5.02 Å². The van der Waals surface area contributed by atoms with Gasteiger partial charge in [0.15, 0.2) is 5.76 Å². The molecule has 0 aliphatic carbocycles. The van der Waals surface area contributed by atoms with Crippen molar-refractivity contribution in [3.63, 3.8) is 0 Å². The molecule has 0 spiro atoms. The molecular weight excluding hydrogens is 534 g/mol. The zero-order chi connectivity index (χ0) is 28.8. The van der Waals surface area contributed by atoms with Crippen LogP contribution in [0.15, 0.2) is 77.3 Å². The maximum Gasteiger partial charge on any atom is 0.412 e. The van der Waals surface area contributed by atoms with E-state index in [0.717, 1.165) is 11.1 Å². The molecule has 9 nitrogen and oxygen atoms in total. The third kappa shape index (κ3) is 6.86. The number of carbonyl (C=O) groups is 3. The second-order valence-electron chi connectivity index (χ2n) is 9.30. The SMILES string of the molecule is Cc1ccc(CC(NC(=O)c2ccc(-c3onc(C)c3NC(=O)OC(C)c3ccccc3Cl)cc2)C(=O)O)cc1. The van der Waals surface area contributed by atoms with Gasteiger partial charge in [-0.3, -0.25) is 10.1 Å². The second kappa shape index (κ2) is 12.5. The average molecular weight is 562 g/mol. The zero-order valence-electron chi connectivity index (χ0n) is 22.1. The van der Waals surface area contributed by atoms with Crippen LogP contribution in [0.5, 0.6) is 0 Å². The van der Waals surface area contributed by atoms with Gasteiger partial charge in [-0.2, -0.15) is 0 Å². The Labute approximate surface area is 236 Å². The topological polar surface area (TPSA) is 131 Å². The van der Waals surface area contributed by atoms with Gasteiger partial charge >= 0.3 is 12.1 Å². The van der Waals surface area contributed by atoms with E-state index in [4.69, 9.17) is 20.9 Å². The van der Waals surface area contributed by atoms with Crippen LogP contribution in [0.1, 0.15) is 45.8 Å². The van der Waals surface area contributed by atoms with Crippen molar-refractivity contribution >= 4 is 35.3 Å². The number of hydrogen-bond acceptors (Lipinski definition) is 6. The molecule has 3 aromatic carbocycles. The van der Waals surface area contributed by atoms with Crippen molar-refractivity contribution in [3.05, 3.63) is 106 Å². The van der Waals surface area contributed by atoms with Gasteiger partial charge in [0.05, 0.1) is 0 Å². The second-order valence-corrected chi connectivity index (χ2v) is 9.70. The van der Waals surface area contributed by atoms with Gasteiger partial charge in [-0.1, -0.05) is 76.9 Å². The number of aliphatic carboxylic acids is 1. The fourth-order valence-corrected chi connectivity index (χ4v) is 4.34. The first-order valence-corrected chi connectivity index (χ1v) is 12.9. The van der Waals surface area contributed by atoms with Crippen LogP contribution < -0.4 is 10.6 Å². The third-order valence-corrected chi connectivity index (χ3v) is 6.63. The highest BCUT2D eigenvalue weighted by Gasteiger charge is 2.23. The van der Waals surface area contributed by atoms with Gasteiger partial charge in [-0.15, -0.1) is 0 Å². The van der Waals surface area contributed by atoms with E-state index >= 15 is 0 Å². The predicted molar refractivity (Wildman–Crippen MR) is 150 cm³/mol. The highest BCUT2D eigenvalue weighted by molar-refractivity contribution is 6.31. The molecule has 4 aromatic rings. The molecule has 1 heterocycles. The number of aromatic nitrogens is 1. The summed E-state index contributed by atoms with van der Waals surface area (Å²) in [5.74, 6) is -1.39. The van der Waals surface area contributed by atoms with E-state index in [9.17, 15) is 19.5 Å². The summed E-state index contributed by atoms with van der Waals surface area (Å²) in [6.45, 7) is 5.32. The number of benzene rings is 3. The number of nitrogens with zero attached hydrogens (tertiary/aromatic N) is 1. The molecule has 206 valence electrons. The summed E-state index contributed by atoms with van der Waals surface area (Å²) < 4.78 is 10.9. The molecule has 0 radical (unpaired) electrons. The van der Waals surface area contributed by atoms with Crippen LogP contribution in [0.25, 0.3) is 11.3 Å². The predicted octanol–water partition coefficient (Wildman–Crippen LogP) is 6.35. The number of rotatable bonds is 9. The highest BCUT2D eigenvalue weighted by atomic mass is 35.5. The molecule has 3 N–H and O–H groups in total. The molecular formula is C30H28ClN3O6. The lowest BCUT2D eigenvalue weighted by molar-refractivity contribution is -0.139. The molecule has 2 unspecified atom stereocenters. The molecule has 10 heteroatoms. The number of carboxylic acid groups (broad SMARTS) is 1. The van der Waals surface area contributed by atoms with Gasteiger partial charge < -0.3 is 19.7 Å². The minimum atomic E-state index is -1.13. The van der Waals surface area contributed by atoms with Crippen molar-refractivity contribution in [1.82, 2.24) is 10.5 Å². The highest BCUT2D eigenvalue weighted by Crippen LogP contribution is 2.32. The number of halogens is 1. The van der Waals surface area contributed by atoms with Crippen molar-refractivity contribution in [2.24, 2.45) is 0 Å². The standard InChI is InChI=1S/C30H28ClN3O6/c1-17-8-10-20(11-9-17)16-25(29(36)37)32-28(35)22-14-12-21(13-15-22)27-26(18(2)34-40-27)33-30(38)39-19(3)23-6-4-5-7-24(23)31/h4-15,19,25H,16H2,1-3H3,(H,32,35)(H,33,38)(H,36,37). The molecule has 2 atom stereocenters. The van der Waals surface area contributed by atoms with Crippen molar-refractivity contribution in [1.29, 1.82) is 0 Å². The first-order valence-electron chi connectivity index (χ1n) is 12.5. The Morgan fingerprint density at radius 3 is 2.33 bits per heavy atom. The average Bonchev–Trinajstić information content (AvgIpc) is 3.29. The van der Waals surface area contributed by atoms with Gasteiger partial charge in [0.25, 0.3) is 5.91 Å². The summed E-state index contributed by atoms with van der Waals surface area (Å²) in [6, 6.07) is 19.8. The number of aryl methyl sites for hydroxylation is 2. The summed E-state index contributed by atoms with van der Waals surface area (Å²) in [5, 5.41) is 19.3. The minimum Gasteiger partial charge on any atom is -0.480 e. The number of anilines is 1. The fraction of sp³-hybridized carbons (Fsp3) is 0.200. The first kappa shape index (κ1) is 28.4. The molecule has 0 saturated carbocycles. The Hall–Kier alpha value is -4.63. The Balaban J connectivity index is 1.43. The van der Waals surface area contributed by atoms with E-state index in [2.05, 4.69) is 15.8 Å². The number of amides is 2. The summed E-state index contributed by atoms with van der Waals surface area (Å²) >= 11 is 6.20. The molecule has 0 saturated heterocycles. The number of carboxylic acids is 1. The number of hydrogen-bond donors (Lipinski definition) is 3. The Morgan fingerprint density at radius 2 is 1.68 bits per heavy atom. The molecule has 0 aliphatic rings. The summed E-state index contributed by atoms with van der Waals surface area (Å²) in [4.78, 5) is 37.2. The van der Waals surface area contributed by atoms with Crippen LogP contribution in [0.4, 0.5) is 10.5 Å². The van der Waals surface area contributed by atoms with Crippen LogP contribution in [-0.4, -0.2) is 34.3 Å². The van der Waals surface area contributed by atoms with E-state index in [-0.39, 0.29) is 17.7 Å². The monoisotopic (exact) mass is 561 g/mol. The zero-order valence-corrected chi connectivity index (χ0v) is 22.9. The maximum atomic E-state index is 12.8. The molecule has 2 amide bonds. The van der Waals surface area contributed by atoms with Gasteiger partial charge in [0.2, 0.25) is 0 Å². The minimum absolute atomic E-state index is 0.150. The van der Waals surface area contributed by atoms with Crippen molar-refractivity contribution in [3.8, 4) is 11.3 Å². The molecule has 0 aliphatic heterocycles. The first-order chi connectivity index (χ1) is 19.1. The molecule has 40 heavy (non-hydrogen) atoms. The van der Waals surface area contributed by atoms with Crippen molar-refractivity contribution in [2.45, 2.75) is 39.3 Å². The quantitative estimate of drug-likeness (QED) is 0.217. The van der Waals surface area contributed by atoms with Gasteiger partial charge in [0, 0.05) is 28.1 Å². The van der Waals surface area contributed by atoms with Gasteiger partial charge in [-0.05, 0) is 44.5 Å². The normalized spacial score (nSPS) is 12.3. The van der Waals surface area contributed by atoms with Crippen LogP contribution in [-0.2, 0) is 16.0 Å². The van der Waals surface area contributed by atoms with E-state index in [1.54, 1.807) is 50.2 Å².